The number of carbonyl (C=O) groups is 1. The number of hydrogen-bond acceptors (Lipinski definition) is 3. The van der Waals surface area contributed by atoms with E-state index in [9.17, 15) is 4.79 Å². The van der Waals surface area contributed by atoms with Gasteiger partial charge in [0, 0.05) is 17.6 Å². The number of rotatable bonds is 10. The number of hydrogen-bond donors (Lipinski definition) is 2. The fourth-order valence-electron chi connectivity index (χ4n) is 3.78. The fraction of sp³-hybridized carbons (Fsp3) is 0.222. The second-order valence-corrected chi connectivity index (χ2v) is 7.82. The number of fused-ring (bicyclic) bond motifs is 1. The van der Waals surface area contributed by atoms with Gasteiger partial charge in [0.15, 0.2) is 0 Å². The predicted molar refractivity (Wildman–Crippen MR) is 133 cm³/mol. The molecule has 33 heavy (non-hydrogen) atoms. The Morgan fingerprint density at radius 1 is 0.939 bits per heavy atom. The predicted octanol–water partition coefficient (Wildman–Crippen LogP) is 5.51. The van der Waals surface area contributed by atoms with Crippen molar-refractivity contribution in [2.24, 2.45) is 0 Å². The first kappa shape index (κ1) is 24.9. The van der Waals surface area contributed by atoms with E-state index in [1.807, 2.05) is 60.7 Å². The zero-order chi connectivity index (χ0) is 22.3. The molecule has 4 rings (SSSR count). The third-order valence-electron chi connectivity index (χ3n) is 5.26. The molecule has 0 spiro atoms. The van der Waals surface area contributed by atoms with Crippen molar-refractivity contribution in [1.29, 1.82) is 0 Å². The van der Waals surface area contributed by atoms with Crippen LogP contribution in [0.5, 0.6) is 17.2 Å². The normalized spacial score (nSPS) is 10.6. The van der Waals surface area contributed by atoms with E-state index in [0.29, 0.717) is 6.61 Å². The third-order valence-corrected chi connectivity index (χ3v) is 5.26. The number of benzene rings is 3. The van der Waals surface area contributed by atoms with Crippen molar-refractivity contribution in [3.8, 4) is 17.2 Å². The van der Waals surface area contributed by atoms with E-state index in [2.05, 4.69) is 24.0 Å². The molecule has 0 saturated heterocycles. The SMILES string of the molecule is CCCc1cc(Oc2ccccc2)ccc1OCCc1cc2cc(CC(=O)O)ccc2[nH]1.[NaH]. The number of carboxylic acid groups (broad SMARTS) is 1. The Morgan fingerprint density at radius 3 is 2.52 bits per heavy atom. The Morgan fingerprint density at radius 2 is 1.76 bits per heavy atom. The number of ether oxygens (including phenoxy) is 2. The Labute approximate surface area is 216 Å². The molecule has 0 saturated carbocycles. The molecule has 3 aromatic carbocycles. The number of aromatic nitrogens is 1. The molecule has 6 heteroatoms. The average molecular weight is 454 g/mol. The molecule has 1 heterocycles. The molecule has 0 aliphatic carbocycles. The van der Waals surface area contributed by atoms with Crippen molar-refractivity contribution >= 4 is 46.4 Å². The molecule has 1 aromatic heterocycles. The van der Waals surface area contributed by atoms with Gasteiger partial charge in [-0.05, 0) is 71.5 Å². The van der Waals surface area contributed by atoms with Gasteiger partial charge in [0.2, 0.25) is 0 Å². The van der Waals surface area contributed by atoms with Gasteiger partial charge in [0.05, 0.1) is 13.0 Å². The maximum absolute atomic E-state index is 10.9. The van der Waals surface area contributed by atoms with Crippen molar-refractivity contribution < 1.29 is 19.4 Å². The van der Waals surface area contributed by atoms with Crippen LogP contribution >= 0.6 is 0 Å². The maximum atomic E-state index is 10.9. The molecule has 0 amide bonds. The second kappa shape index (κ2) is 11.9. The van der Waals surface area contributed by atoms with Gasteiger partial charge in [-0.1, -0.05) is 37.6 Å². The monoisotopic (exact) mass is 453 g/mol. The van der Waals surface area contributed by atoms with Crippen LogP contribution in [0.25, 0.3) is 10.9 Å². The van der Waals surface area contributed by atoms with E-state index in [0.717, 1.165) is 64.2 Å². The van der Waals surface area contributed by atoms with E-state index in [-0.39, 0.29) is 36.0 Å². The molecule has 0 aliphatic rings. The van der Waals surface area contributed by atoms with Crippen molar-refractivity contribution in [1.82, 2.24) is 4.98 Å². The molecular formula is C27H28NNaO4. The molecule has 0 fully saturated rings. The number of carboxylic acids is 1. The van der Waals surface area contributed by atoms with Crippen LogP contribution in [0.15, 0.2) is 72.8 Å². The standard InChI is InChI=1S/C27H27NO4.Na.H/c1-2-6-20-18-24(32-23-7-4-3-5-8-23)10-12-26(20)31-14-13-22-17-21-15-19(16-27(29)30)9-11-25(21)28-22;;/h3-5,7-12,15,17-18,28H,2,6,13-14,16H2,1H3,(H,29,30);;. The van der Waals surface area contributed by atoms with Crippen molar-refractivity contribution in [3.63, 3.8) is 0 Å². The number of H-pyrrole nitrogens is 1. The van der Waals surface area contributed by atoms with Crippen LogP contribution in [0.4, 0.5) is 0 Å². The minimum atomic E-state index is -0.823. The first-order chi connectivity index (χ1) is 15.6. The zero-order valence-electron chi connectivity index (χ0n) is 18.1. The summed E-state index contributed by atoms with van der Waals surface area (Å²) in [7, 11) is 0. The van der Waals surface area contributed by atoms with E-state index in [1.165, 1.54) is 0 Å². The van der Waals surface area contributed by atoms with Crippen LogP contribution < -0.4 is 9.47 Å². The van der Waals surface area contributed by atoms with Crippen molar-refractivity contribution in [2.45, 2.75) is 32.6 Å². The summed E-state index contributed by atoms with van der Waals surface area (Å²) in [6, 6.07) is 23.5. The summed E-state index contributed by atoms with van der Waals surface area (Å²) < 4.78 is 12.1. The number of aryl methyl sites for hydroxylation is 1. The topological polar surface area (TPSA) is 71.6 Å². The molecule has 0 aliphatic heterocycles. The molecule has 0 unspecified atom stereocenters. The Bertz CT molecular complexity index is 1200. The van der Waals surface area contributed by atoms with Crippen LogP contribution in [0.3, 0.4) is 0 Å². The van der Waals surface area contributed by atoms with Crippen LogP contribution in [-0.2, 0) is 24.1 Å². The first-order valence-electron chi connectivity index (χ1n) is 10.9. The van der Waals surface area contributed by atoms with Gasteiger partial charge in [-0.2, -0.15) is 0 Å². The molecule has 5 nitrogen and oxygen atoms in total. The molecule has 0 radical (unpaired) electrons. The van der Waals surface area contributed by atoms with Crippen LogP contribution in [0, 0.1) is 0 Å². The van der Waals surface area contributed by atoms with Gasteiger partial charge in [-0.15, -0.1) is 0 Å². The first-order valence-corrected chi connectivity index (χ1v) is 10.9. The summed E-state index contributed by atoms with van der Waals surface area (Å²) in [6.45, 7) is 2.70. The number of aliphatic carboxylic acids is 1. The quantitative estimate of drug-likeness (QED) is 0.311. The Balaban J connectivity index is 0.00000306. The third kappa shape index (κ3) is 6.87. The van der Waals surface area contributed by atoms with E-state index in [1.54, 1.807) is 0 Å². The zero-order valence-corrected chi connectivity index (χ0v) is 18.1. The molecular weight excluding hydrogens is 425 g/mol. The molecule has 0 bridgehead atoms. The molecule has 0 atom stereocenters. The van der Waals surface area contributed by atoms with Gasteiger partial charge in [-0.25, -0.2) is 0 Å². The summed E-state index contributed by atoms with van der Waals surface area (Å²) in [5.74, 6) is 1.68. The van der Waals surface area contributed by atoms with Crippen molar-refractivity contribution in [2.75, 3.05) is 6.61 Å². The minimum absolute atomic E-state index is 0. The second-order valence-electron chi connectivity index (χ2n) is 7.82. The molecule has 2 N–H and O–H groups in total. The van der Waals surface area contributed by atoms with Gasteiger partial charge in [-0.3, -0.25) is 4.79 Å². The summed E-state index contributed by atoms with van der Waals surface area (Å²) in [5, 5.41) is 10.0. The van der Waals surface area contributed by atoms with Gasteiger partial charge in [0.25, 0.3) is 0 Å². The summed E-state index contributed by atoms with van der Waals surface area (Å²) >= 11 is 0. The average Bonchev–Trinajstić information content (AvgIpc) is 3.18. The summed E-state index contributed by atoms with van der Waals surface area (Å²) in [4.78, 5) is 14.3. The van der Waals surface area contributed by atoms with Crippen LogP contribution in [-0.4, -0.2) is 52.2 Å². The van der Waals surface area contributed by atoms with Gasteiger partial charge < -0.3 is 19.6 Å². The van der Waals surface area contributed by atoms with Crippen LogP contribution in [0.1, 0.15) is 30.2 Å². The van der Waals surface area contributed by atoms with E-state index in [4.69, 9.17) is 14.6 Å². The number of aromatic amines is 1. The van der Waals surface area contributed by atoms with Gasteiger partial charge in [0.1, 0.15) is 17.2 Å². The van der Waals surface area contributed by atoms with Crippen LogP contribution in [0.2, 0.25) is 0 Å². The fourth-order valence-corrected chi connectivity index (χ4v) is 3.78. The van der Waals surface area contributed by atoms with E-state index >= 15 is 0 Å². The summed E-state index contributed by atoms with van der Waals surface area (Å²) in [5.41, 5.74) is 4.00. The number of nitrogens with one attached hydrogen (secondary N) is 1. The summed E-state index contributed by atoms with van der Waals surface area (Å²) in [6.07, 6.45) is 2.70. The van der Waals surface area contributed by atoms with Crippen molar-refractivity contribution in [3.05, 3.63) is 89.6 Å². The number of para-hydroxylation sites is 1. The molecule has 4 aromatic rings. The molecule has 166 valence electrons. The van der Waals surface area contributed by atoms with E-state index < -0.39 is 5.97 Å². The van der Waals surface area contributed by atoms with Gasteiger partial charge >= 0.3 is 35.5 Å². The Kier molecular flexibility index (Phi) is 9.01. The Hall–Kier alpha value is -2.73.